The number of alkyl halides is 1. The fourth-order valence-corrected chi connectivity index (χ4v) is 5.46. The molecule has 4 fully saturated rings. The summed E-state index contributed by atoms with van der Waals surface area (Å²) >= 11 is 9.55. The number of nitrogens with one attached hydrogen (secondary N) is 2. The van der Waals surface area contributed by atoms with Crippen LogP contribution in [0.15, 0.2) is 60.7 Å². The Balaban J connectivity index is 0.000000414. The molecule has 0 saturated carbocycles. The molecule has 0 bridgehead atoms. The molecule has 4 heterocycles. The van der Waals surface area contributed by atoms with Crippen molar-refractivity contribution < 1.29 is 28.7 Å². The van der Waals surface area contributed by atoms with Crippen molar-refractivity contribution in [2.45, 2.75) is 53.8 Å². The molecule has 4 saturated heterocycles. The maximum Gasteiger partial charge on any atom is 0.410 e. The molecule has 292 valence electrons. The molecular weight excluding hydrogens is 707 g/mol. The molecule has 0 radical (unpaired) electrons. The Bertz CT molecular complexity index is 1250. The smallest absolute Gasteiger partial charge is 0.410 e. The van der Waals surface area contributed by atoms with Gasteiger partial charge in [0.05, 0.1) is 12.4 Å². The first-order valence-corrected chi connectivity index (χ1v) is 18.3. The fourth-order valence-electron chi connectivity index (χ4n) is 5.46. The highest BCUT2D eigenvalue weighted by Gasteiger charge is 2.26. The van der Waals surface area contributed by atoms with Gasteiger partial charge < -0.3 is 34.8 Å². The number of carbonyl (C=O) groups excluding carboxylic acids is 4. The lowest BCUT2D eigenvalue weighted by Gasteiger charge is -2.34. The third kappa shape index (κ3) is 19.4. The Morgan fingerprint density at radius 2 is 0.981 bits per heavy atom. The summed E-state index contributed by atoms with van der Waals surface area (Å²) in [6.07, 6.45) is 4.64. The van der Waals surface area contributed by atoms with Crippen molar-refractivity contribution in [2.24, 2.45) is 0 Å². The van der Waals surface area contributed by atoms with E-state index in [9.17, 15) is 19.2 Å². The number of halogens is 2. The second-order valence-electron chi connectivity index (χ2n) is 12.1. The topological polar surface area (TPSA) is 124 Å². The van der Waals surface area contributed by atoms with Gasteiger partial charge in [0.15, 0.2) is 0 Å². The maximum absolute atomic E-state index is 12.3. The monoisotopic (exact) mass is 766 g/mol. The van der Waals surface area contributed by atoms with Crippen molar-refractivity contribution in [3.8, 4) is 0 Å². The Hall–Kier alpha value is -3.42. The van der Waals surface area contributed by atoms with E-state index in [1.165, 1.54) is 38.8 Å². The van der Waals surface area contributed by atoms with Gasteiger partial charge in [0.25, 0.3) is 0 Å². The average molecular weight is 768 g/mol. The molecule has 0 aliphatic carbocycles. The standard InChI is InChI=1S/C18H25N3O3.C12H16N2O2.C4H9N.C2H2Cl2O.2CH4/c22-17(14-19-8-4-5-9-19)20-10-12-21(13-11-20)18(23)24-15-16-6-2-1-3-7-16;15-12(14-8-6-13-7-9-14)16-10-11-4-2-1-3-5-11;1-2-4-5-3-1;3-1-2(4)5;;/h1-3,6-7H,4-5,8-15H2;1-5,13H,6-10H2;5H,1-4H2;1H2;2*1H4. The number of benzene rings is 2. The van der Waals surface area contributed by atoms with Gasteiger partial charge in [-0.2, -0.15) is 0 Å². The van der Waals surface area contributed by atoms with Crippen LogP contribution in [0.4, 0.5) is 9.59 Å². The minimum atomic E-state index is -0.508. The first-order valence-electron chi connectivity index (χ1n) is 17.4. The predicted molar refractivity (Wildman–Crippen MR) is 209 cm³/mol. The van der Waals surface area contributed by atoms with Gasteiger partial charge in [0.2, 0.25) is 11.1 Å². The lowest BCUT2D eigenvalue weighted by atomic mass is 10.2. The lowest BCUT2D eigenvalue weighted by Crippen LogP contribution is -2.52. The van der Waals surface area contributed by atoms with Crippen molar-refractivity contribution in [3.05, 3.63) is 71.8 Å². The highest BCUT2D eigenvalue weighted by atomic mass is 35.5. The second-order valence-corrected chi connectivity index (χ2v) is 12.8. The molecule has 0 aromatic heterocycles. The van der Waals surface area contributed by atoms with Crippen LogP contribution in [-0.4, -0.2) is 134 Å². The fraction of sp³-hybridized carbons (Fsp3) is 0.579. The summed E-state index contributed by atoms with van der Waals surface area (Å²) in [5.41, 5.74) is 2.00. The molecule has 52 heavy (non-hydrogen) atoms. The van der Waals surface area contributed by atoms with E-state index < -0.39 is 5.24 Å². The van der Waals surface area contributed by atoms with Crippen molar-refractivity contribution in [3.63, 3.8) is 0 Å². The van der Waals surface area contributed by atoms with Crippen LogP contribution in [-0.2, 0) is 32.3 Å². The van der Waals surface area contributed by atoms with Crippen LogP contribution < -0.4 is 10.6 Å². The van der Waals surface area contributed by atoms with Crippen molar-refractivity contribution in [2.75, 3.05) is 91.0 Å². The van der Waals surface area contributed by atoms with Gasteiger partial charge in [-0.1, -0.05) is 75.5 Å². The molecule has 4 aliphatic heterocycles. The highest BCUT2D eigenvalue weighted by Crippen LogP contribution is 2.11. The number of likely N-dealkylation sites (tertiary alicyclic amines) is 1. The van der Waals surface area contributed by atoms with Gasteiger partial charge >= 0.3 is 12.2 Å². The molecule has 2 aromatic carbocycles. The Morgan fingerprint density at radius 3 is 1.38 bits per heavy atom. The normalized spacial score (nSPS) is 16.5. The molecule has 12 nitrogen and oxygen atoms in total. The first-order chi connectivity index (χ1) is 24.4. The van der Waals surface area contributed by atoms with E-state index in [1.807, 2.05) is 65.6 Å². The van der Waals surface area contributed by atoms with E-state index in [0.717, 1.165) is 50.4 Å². The number of rotatable bonds is 7. The second kappa shape index (κ2) is 28.1. The van der Waals surface area contributed by atoms with Crippen LogP contribution in [0.2, 0.25) is 0 Å². The lowest BCUT2D eigenvalue weighted by molar-refractivity contribution is -0.133. The zero-order chi connectivity index (χ0) is 35.8. The number of amides is 3. The minimum Gasteiger partial charge on any atom is -0.445 e. The molecule has 2 N–H and O–H groups in total. The molecule has 0 atom stereocenters. The van der Waals surface area contributed by atoms with E-state index in [0.29, 0.717) is 39.3 Å². The Kier molecular flexibility index (Phi) is 25.2. The molecule has 6 rings (SSSR count). The summed E-state index contributed by atoms with van der Waals surface area (Å²) < 4.78 is 10.6. The van der Waals surface area contributed by atoms with E-state index in [-0.39, 0.29) is 45.4 Å². The zero-order valence-corrected chi connectivity index (χ0v) is 30.4. The summed E-state index contributed by atoms with van der Waals surface area (Å²) in [5, 5.41) is 5.91. The van der Waals surface area contributed by atoms with Crippen LogP contribution in [0.25, 0.3) is 0 Å². The molecular formula is C38H60Cl2N6O6. The summed E-state index contributed by atoms with van der Waals surface area (Å²) in [6, 6.07) is 19.4. The van der Waals surface area contributed by atoms with Gasteiger partial charge in [-0.15, -0.1) is 11.6 Å². The number of ether oxygens (including phenoxy) is 2. The number of nitrogens with zero attached hydrogens (tertiary/aromatic N) is 4. The highest BCUT2D eigenvalue weighted by molar-refractivity contribution is 6.67. The van der Waals surface area contributed by atoms with Crippen LogP contribution >= 0.6 is 23.2 Å². The largest absolute Gasteiger partial charge is 0.445 e. The molecule has 2 aromatic rings. The number of hydrogen-bond acceptors (Lipinski definition) is 9. The number of hydrogen-bond donors (Lipinski definition) is 2. The third-order valence-corrected chi connectivity index (χ3v) is 8.81. The summed E-state index contributed by atoms with van der Waals surface area (Å²) in [7, 11) is 0. The average Bonchev–Trinajstić information content (AvgIpc) is 3.93. The molecule has 4 aliphatic rings. The Labute approximate surface area is 321 Å². The summed E-state index contributed by atoms with van der Waals surface area (Å²) in [5.74, 6) is 0.0795. The predicted octanol–water partition coefficient (Wildman–Crippen LogP) is 5.42. The Morgan fingerprint density at radius 1 is 0.577 bits per heavy atom. The zero-order valence-electron chi connectivity index (χ0n) is 28.9. The minimum absolute atomic E-state index is 0. The van der Waals surface area contributed by atoms with Crippen LogP contribution in [0, 0.1) is 0 Å². The summed E-state index contributed by atoms with van der Waals surface area (Å²) in [4.78, 5) is 53.0. The van der Waals surface area contributed by atoms with E-state index >= 15 is 0 Å². The SMILES string of the molecule is C.C.C1CCNC1.O=C(CN1CCCC1)N1CCN(C(=O)OCc2ccccc2)CC1.O=C(Cl)CCl.O=C(OCc1ccccc1)N1CCNCC1. The molecule has 0 unspecified atom stereocenters. The molecule has 3 amide bonds. The van der Waals surface area contributed by atoms with Gasteiger partial charge in [-0.05, 0) is 74.6 Å². The van der Waals surface area contributed by atoms with Crippen LogP contribution in [0.1, 0.15) is 51.7 Å². The van der Waals surface area contributed by atoms with E-state index in [1.54, 1.807) is 9.80 Å². The molecule has 0 spiro atoms. The maximum atomic E-state index is 12.3. The van der Waals surface area contributed by atoms with Crippen LogP contribution in [0.5, 0.6) is 0 Å². The number of piperazine rings is 2. The third-order valence-electron chi connectivity index (χ3n) is 8.30. The molecule has 14 heteroatoms. The van der Waals surface area contributed by atoms with Gasteiger partial charge in [-0.25, -0.2) is 9.59 Å². The first kappa shape index (κ1) is 46.6. The summed E-state index contributed by atoms with van der Waals surface area (Å²) in [6.45, 7) is 11.1. The van der Waals surface area contributed by atoms with Gasteiger partial charge in [-0.3, -0.25) is 14.5 Å². The van der Waals surface area contributed by atoms with Gasteiger partial charge in [0, 0.05) is 52.4 Å². The van der Waals surface area contributed by atoms with Crippen molar-refractivity contribution in [1.82, 2.24) is 30.2 Å². The van der Waals surface area contributed by atoms with E-state index in [2.05, 4.69) is 15.5 Å². The van der Waals surface area contributed by atoms with Crippen molar-refractivity contribution in [1.29, 1.82) is 0 Å². The van der Waals surface area contributed by atoms with Crippen molar-refractivity contribution >= 4 is 46.5 Å². The quantitative estimate of drug-likeness (QED) is 0.281. The van der Waals surface area contributed by atoms with E-state index in [4.69, 9.17) is 32.7 Å². The van der Waals surface area contributed by atoms with Gasteiger partial charge in [0.1, 0.15) is 13.2 Å². The van der Waals surface area contributed by atoms with Crippen LogP contribution in [0.3, 0.4) is 0 Å². The number of carbonyl (C=O) groups is 4.